The number of carbonyl (C=O) groups excluding carboxylic acids is 2. The summed E-state index contributed by atoms with van der Waals surface area (Å²) in [6.45, 7) is 1.91. The van der Waals surface area contributed by atoms with E-state index in [-0.39, 0.29) is 42.7 Å². The van der Waals surface area contributed by atoms with Gasteiger partial charge in [-0.2, -0.15) is 0 Å². The van der Waals surface area contributed by atoms with Crippen LogP contribution in [-0.2, 0) is 9.59 Å². The predicted octanol–water partition coefficient (Wildman–Crippen LogP) is 1.92. The third-order valence-corrected chi connectivity index (χ3v) is 4.63. The predicted molar refractivity (Wildman–Crippen MR) is 95.6 cm³/mol. The van der Waals surface area contributed by atoms with Crippen molar-refractivity contribution >= 4 is 53.1 Å². The summed E-state index contributed by atoms with van der Waals surface area (Å²) >= 11 is 1.38. The van der Waals surface area contributed by atoms with Crippen LogP contribution in [0.25, 0.3) is 0 Å². The SMILES string of the molecule is Cl.Cl.O=C(Nc1nccs1)C1CCCN1C(=O)CNCC1CC1. The molecule has 3 rings (SSSR count). The molecule has 2 aliphatic rings. The standard InChI is InChI=1S/C14H20N4O2S.2ClH/c19-12(9-15-8-10-3-4-10)18-6-1-2-11(18)13(20)17-14-16-5-7-21-14;;/h5,7,10-11,15H,1-4,6,8-9H2,(H,16,17,20);2*1H. The maximum absolute atomic E-state index is 12.3. The summed E-state index contributed by atoms with van der Waals surface area (Å²) in [7, 11) is 0. The minimum Gasteiger partial charge on any atom is -0.330 e. The summed E-state index contributed by atoms with van der Waals surface area (Å²) in [4.78, 5) is 30.2. The molecule has 0 spiro atoms. The molecule has 6 nitrogen and oxygen atoms in total. The Kier molecular flexibility index (Phi) is 8.25. The Morgan fingerprint density at radius 2 is 2.09 bits per heavy atom. The molecular weight excluding hydrogens is 359 g/mol. The second kappa shape index (κ2) is 9.42. The van der Waals surface area contributed by atoms with Crippen LogP contribution in [0.5, 0.6) is 0 Å². The minimum atomic E-state index is -0.357. The lowest BCUT2D eigenvalue weighted by Gasteiger charge is -2.23. The summed E-state index contributed by atoms with van der Waals surface area (Å²) in [5, 5.41) is 8.39. The van der Waals surface area contributed by atoms with Crippen molar-refractivity contribution in [2.45, 2.75) is 31.7 Å². The van der Waals surface area contributed by atoms with Crippen LogP contribution in [0.15, 0.2) is 11.6 Å². The molecule has 0 aromatic carbocycles. The Morgan fingerprint density at radius 1 is 1.30 bits per heavy atom. The van der Waals surface area contributed by atoms with E-state index in [0.717, 1.165) is 25.3 Å². The Bertz CT molecular complexity index is 511. The van der Waals surface area contributed by atoms with Gasteiger partial charge in [0.2, 0.25) is 11.8 Å². The van der Waals surface area contributed by atoms with Crippen molar-refractivity contribution in [3.05, 3.63) is 11.6 Å². The zero-order valence-corrected chi connectivity index (χ0v) is 15.1. The van der Waals surface area contributed by atoms with Gasteiger partial charge in [0, 0.05) is 18.1 Å². The molecule has 1 saturated carbocycles. The normalized spacial score (nSPS) is 19.7. The quantitative estimate of drug-likeness (QED) is 0.790. The lowest BCUT2D eigenvalue weighted by atomic mass is 10.2. The molecule has 9 heteroatoms. The van der Waals surface area contributed by atoms with Crippen LogP contribution >= 0.6 is 36.2 Å². The second-order valence-electron chi connectivity index (χ2n) is 5.65. The topological polar surface area (TPSA) is 74.3 Å². The van der Waals surface area contributed by atoms with Crippen molar-refractivity contribution < 1.29 is 9.59 Å². The summed E-state index contributed by atoms with van der Waals surface area (Å²) in [5.74, 6) is 0.644. The van der Waals surface area contributed by atoms with Gasteiger partial charge in [0.1, 0.15) is 6.04 Å². The summed E-state index contributed by atoms with van der Waals surface area (Å²) in [6.07, 6.45) is 5.79. The molecule has 1 atom stereocenters. The molecule has 1 aliphatic carbocycles. The lowest BCUT2D eigenvalue weighted by Crippen LogP contribution is -2.46. The molecule has 1 aliphatic heterocycles. The number of likely N-dealkylation sites (tertiary alicyclic amines) is 1. The zero-order chi connectivity index (χ0) is 14.7. The number of anilines is 1. The molecular formula is C14H22Cl2N4O2S. The largest absolute Gasteiger partial charge is 0.330 e. The molecule has 0 bridgehead atoms. The number of hydrogen-bond acceptors (Lipinski definition) is 5. The first-order chi connectivity index (χ1) is 10.2. The Balaban J connectivity index is 0.00000132. The van der Waals surface area contributed by atoms with E-state index in [1.165, 1.54) is 24.2 Å². The van der Waals surface area contributed by atoms with Gasteiger partial charge in [-0.15, -0.1) is 36.2 Å². The van der Waals surface area contributed by atoms with Gasteiger partial charge in [0.05, 0.1) is 6.54 Å². The van der Waals surface area contributed by atoms with Gasteiger partial charge >= 0.3 is 0 Å². The van der Waals surface area contributed by atoms with Gasteiger partial charge in [-0.25, -0.2) is 4.98 Å². The van der Waals surface area contributed by atoms with Gasteiger partial charge in [-0.1, -0.05) is 0 Å². The van der Waals surface area contributed by atoms with E-state index < -0.39 is 0 Å². The van der Waals surface area contributed by atoms with Crippen LogP contribution < -0.4 is 10.6 Å². The first-order valence-corrected chi connectivity index (χ1v) is 8.32. The van der Waals surface area contributed by atoms with Crippen molar-refractivity contribution in [3.8, 4) is 0 Å². The Hall–Kier alpha value is -0.890. The number of rotatable bonds is 6. The third-order valence-electron chi connectivity index (χ3n) is 3.94. The molecule has 0 radical (unpaired) electrons. The monoisotopic (exact) mass is 380 g/mol. The minimum absolute atomic E-state index is 0. The van der Waals surface area contributed by atoms with Gasteiger partial charge < -0.3 is 15.5 Å². The number of aromatic nitrogens is 1. The molecule has 23 heavy (non-hydrogen) atoms. The fourth-order valence-corrected chi connectivity index (χ4v) is 3.15. The third kappa shape index (κ3) is 5.60. The van der Waals surface area contributed by atoms with Crippen molar-refractivity contribution in [2.75, 3.05) is 25.0 Å². The van der Waals surface area contributed by atoms with Gasteiger partial charge in [0.15, 0.2) is 5.13 Å². The van der Waals surface area contributed by atoms with E-state index in [2.05, 4.69) is 15.6 Å². The van der Waals surface area contributed by atoms with Crippen molar-refractivity contribution in [3.63, 3.8) is 0 Å². The van der Waals surface area contributed by atoms with Crippen LogP contribution in [0.3, 0.4) is 0 Å². The Labute approximate surface area is 152 Å². The smallest absolute Gasteiger partial charge is 0.248 e. The highest BCUT2D eigenvalue weighted by Gasteiger charge is 2.34. The average molecular weight is 381 g/mol. The van der Waals surface area contributed by atoms with Gasteiger partial charge in [-0.3, -0.25) is 9.59 Å². The first-order valence-electron chi connectivity index (χ1n) is 7.44. The van der Waals surface area contributed by atoms with Crippen molar-refractivity contribution in [1.82, 2.24) is 15.2 Å². The first kappa shape index (κ1) is 20.2. The fraction of sp³-hybridized carbons (Fsp3) is 0.643. The maximum atomic E-state index is 12.3. The number of carbonyl (C=O) groups is 2. The molecule has 2 heterocycles. The van der Waals surface area contributed by atoms with E-state index in [0.29, 0.717) is 18.2 Å². The number of thiazole rings is 1. The highest BCUT2D eigenvalue weighted by atomic mass is 35.5. The molecule has 2 fully saturated rings. The van der Waals surface area contributed by atoms with Crippen molar-refractivity contribution in [2.24, 2.45) is 5.92 Å². The van der Waals surface area contributed by atoms with Crippen LogP contribution in [0.1, 0.15) is 25.7 Å². The number of amides is 2. The van der Waals surface area contributed by atoms with E-state index in [1.807, 2.05) is 5.38 Å². The molecule has 1 aromatic heterocycles. The number of halogens is 2. The zero-order valence-electron chi connectivity index (χ0n) is 12.7. The van der Waals surface area contributed by atoms with E-state index in [9.17, 15) is 9.59 Å². The summed E-state index contributed by atoms with van der Waals surface area (Å²) < 4.78 is 0. The van der Waals surface area contributed by atoms with E-state index >= 15 is 0 Å². The highest BCUT2D eigenvalue weighted by molar-refractivity contribution is 7.13. The lowest BCUT2D eigenvalue weighted by molar-refractivity contribution is -0.135. The van der Waals surface area contributed by atoms with Gasteiger partial charge in [-0.05, 0) is 38.1 Å². The molecule has 2 amide bonds. The van der Waals surface area contributed by atoms with Crippen LogP contribution in [0, 0.1) is 5.92 Å². The van der Waals surface area contributed by atoms with Crippen molar-refractivity contribution in [1.29, 1.82) is 0 Å². The van der Waals surface area contributed by atoms with E-state index in [1.54, 1.807) is 11.1 Å². The summed E-state index contributed by atoms with van der Waals surface area (Å²) in [5.41, 5.74) is 0. The average Bonchev–Trinajstić information content (AvgIpc) is 2.95. The molecule has 1 unspecified atom stereocenters. The maximum Gasteiger partial charge on any atom is 0.248 e. The van der Waals surface area contributed by atoms with Gasteiger partial charge in [0.25, 0.3) is 0 Å². The number of nitrogens with zero attached hydrogens (tertiary/aromatic N) is 2. The number of hydrogen-bond donors (Lipinski definition) is 2. The molecule has 1 aromatic rings. The Morgan fingerprint density at radius 3 is 2.74 bits per heavy atom. The van der Waals surface area contributed by atoms with E-state index in [4.69, 9.17) is 0 Å². The molecule has 130 valence electrons. The molecule has 2 N–H and O–H groups in total. The van der Waals surface area contributed by atoms with Crippen LogP contribution in [0.2, 0.25) is 0 Å². The second-order valence-corrected chi connectivity index (χ2v) is 6.54. The number of nitrogens with one attached hydrogen (secondary N) is 2. The van der Waals surface area contributed by atoms with Crippen LogP contribution in [-0.4, -0.2) is 47.4 Å². The fourth-order valence-electron chi connectivity index (χ4n) is 2.62. The van der Waals surface area contributed by atoms with Crippen LogP contribution in [0.4, 0.5) is 5.13 Å². The summed E-state index contributed by atoms with van der Waals surface area (Å²) in [6, 6.07) is -0.357. The highest BCUT2D eigenvalue weighted by Crippen LogP contribution is 2.27. The molecule has 1 saturated heterocycles.